The molecule has 0 amide bonds. The van der Waals surface area contributed by atoms with E-state index in [9.17, 15) is 13.9 Å². The number of aromatic nitrogens is 2. The van der Waals surface area contributed by atoms with E-state index in [0.29, 0.717) is 6.54 Å². The van der Waals surface area contributed by atoms with Gasteiger partial charge in [-0.05, 0) is 26.0 Å². The molecule has 0 spiro atoms. The first-order chi connectivity index (χ1) is 10.7. The lowest BCUT2D eigenvalue weighted by atomic mass is 9.94. The van der Waals surface area contributed by atoms with Gasteiger partial charge in [0.2, 0.25) is 0 Å². The number of hydrogen-bond donors (Lipinski definition) is 2. The van der Waals surface area contributed by atoms with Crippen LogP contribution in [0.3, 0.4) is 0 Å². The Morgan fingerprint density at radius 1 is 1.35 bits per heavy atom. The Kier molecular flexibility index (Phi) is 5.16. The fourth-order valence-corrected chi connectivity index (χ4v) is 2.34. The van der Waals surface area contributed by atoms with E-state index in [1.165, 1.54) is 16.8 Å². The highest BCUT2D eigenvalue weighted by Crippen LogP contribution is 2.23. The minimum atomic E-state index is -0.648. The second kappa shape index (κ2) is 6.76. The second-order valence-corrected chi connectivity index (χ2v) is 6.62. The molecule has 1 aromatic heterocycles. The zero-order chi connectivity index (χ0) is 17.2. The molecule has 0 aliphatic rings. The maximum atomic E-state index is 13.9. The zero-order valence-corrected chi connectivity index (χ0v) is 13.9. The number of benzene rings is 1. The molecule has 0 saturated heterocycles. The quantitative estimate of drug-likeness (QED) is 0.859. The zero-order valence-electron chi connectivity index (χ0n) is 13.9. The molecule has 2 N–H and O–H groups in total. The summed E-state index contributed by atoms with van der Waals surface area (Å²) in [6.07, 6.45) is 1.68. The van der Waals surface area contributed by atoms with Crippen LogP contribution in [0.5, 0.6) is 0 Å². The molecule has 1 aromatic carbocycles. The van der Waals surface area contributed by atoms with Crippen LogP contribution < -0.4 is 5.32 Å². The Morgan fingerprint density at radius 2 is 2.04 bits per heavy atom. The van der Waals surface area contributed by atoms with Crippen molar-refractivity contribution < 1.29 is 13.9 Å². The van der Waals surface area contributed by atoms with Crippen molar-refractivity contribution in [1.82, 2.24) is 15.1 Å². The predicted molar refractivity (Wildman–Crippen MR) is 85.5 cm³/mol. The van der Waals surface area contributed by atoms with E-state index in [2.05, 4.69) is 10.4 Å². The van der Waals surface area contributed by atoms with Crippen molar-refractivity contribution in [2.75, 3.05) is 13.2 Å². The topological polar surface area (TPSA) is 50.1 Å². The number of halogens is 2. The van der Waals surface area contributed by atoms with Crippen molar-refractivity contribution in [3.8, 4) is 5.69 Å². The largest absolute Gasteiger partial charge is 0.396 e. The molecule has 0 unspecified atom stereocenters. The summed E-state index contributed by atoms with van der Waals surface area (Å²) in [5.41, 5.74) is 1.72. The molecule has 0 aliphatic heterocycles. The van der Waals surface area contributed by atoms with E-state index in [4.69, 9.17) is 0 Å². The lowest BCUT2D eigenvalue weighted by Gasteiger charge is -2.25. The first-order valence-electron chi connectivity index (χ1n) is 7.59. The second-order valence-electron chi connectivity index (χ2n) is 6.62. The lowest BCUT2D eigenvalue weighted by Crippen LogP contribution is -2.33. The van der Waals surface area contributed by atoms with Gasteiger partial charge in [-0.2, -0.15) is 5.10 Å². The van der Waals surface area contributed by atoms with E-state index < -0.39 is 11.6 Å². The summed E-state index contributed by atoms with van der Waals surface area (Å²) in [7, 11) is 0. The SMILES string of the molecule is Cc1c([C@@H](C)NCC(C)(C)CO)cnn1-c1ccc(F)cc1F. The summed E-state index contributed by atoms with van der Waals surface area (Å²) in [5.74, 6) is -1.26. The van der Waals surface area contributed by atoms with Crippen LogP contribution in [0.1, 0.15) is 38.1 Å². The van der Waals surface area contributed by atoms with Crippen LogP contribution in [0.25, 0.3) is 5.69 Å². The molecule has 2 rings (SSSR count). The van der Waals surface area contributed by atoms with Crippen LogP contribution in [0, 0.1) is 24.0 Å². The average Bonchev–Trinajstić information content (AvgIpc) is 2.87. The third kappa shape index (κ3) is 3.95. The Morgan fingerprint density at radius 3 is 2.65 bits per heavy atom. The Hall–Kier alpha value is -1.79. The van der Waals surface area contributed by atoms with Gasteiger partial charge in [0.25, 0.3) is 0 Å². The normalized spacial score (nSPS) is 13.3. The monoisotopic (exact) mass is 323 g/mol. The van der Waals surface area contributed by atoms with Gasteiger partial charge >= 0.3 is 0 Å². The molecule has 0 aliphatic carbocycles. The van der Waals surface area contributed by atoms with Gasteiger partial charge in [0.1, 0.15) is 11.5 Å². The molecule has 23 heavy (non-hydrogen) atoms. The van der Waals surface area contributed by atoms with E-state index >= 15 is 0 Å². The first-order valence-corrected chi connectivity index (χ1v) is 7.59. The molecule has 2 aromatic rings. The molecule has 0 fully saturated rings. The first kappa shape index (κ1) is 17.6. The standard InChI is InChI=1S/C17H23F2N3O/c1-11(20-9-17(3,4)10-23)14-8-21-22(12(14)2)16-6-5-13(18)7-15(16)19/h5-8,11,20,23H,9-10H2,1-4H3/t11-/m1/s1. The van der Waals surface area contributed by atoms with Crippen LogP contribution in [0.15, 0.2) is 24.4 Å². The number of hydrogen-bond acceptors (Lipinski definition) is 3. The molecule has 0 saturated carbocycles. The summed E-state index contributed by atoms with van der Waals surface area (Å²) < 4.78 is 28.4. The molecular formula is C17H23F2N3O. The molecular weight excluding hydrogens is 300 g/mol. The number of aliphatic hydroxyl groups is 1. The van der Waals surface area contributed by atoms with Crippen LogP contribution in [0.2, 0.25) is 0 Å². The Labute approximate surface area is 135 Å². The fraction of sp³-hybridized carbons (Fsp3) is 0.471. The minimum Gasteiger partial charge on any atom is -0.396 e. The summed E-state index contributed by atoms with van der Waals surface area (Å²) in [4.78, 5) is 0. The summed E-state index contributed by atoms with van der Waals surface area (Å²) in [6, 6.07) is 3.44. The molecule has 1 atom stereocenters. The van der Waals surface area contributed by atoms with E-state index in [0.717, 1.165) is 17.3 Å². The van der Waals surface area contributed by atoms with E-state index in [1.54, 1.807) is 6.20 Å². The highest BCUT2D eigenvalue weighted by atomic mass is 19.1. The van der Waals surface area contributed by atoms with Crippen molar-refractivity contribution in [2.24, 2.45) is 5.41 Å². The van der Waals surface area contributed by atoms with Gasteiger partial charge in [-0.15, -0.1) is 0 Å². The lowest BCUT2D eigenvalue weighted by molar-refractivity contribution is 0.154. The van der Waals surface area contributed by atoms with Gasteiger partial charge in [0, 0.05) is 41.9 Å². The van der Waals surface area contributed by atoms with Crippen molar-refractivity contribution in [3.63, 3.8) is 0 Å². The van der Waals surface area contributed by atoms with Crippen molar-refractivity contribution in [1.29, 1.82) is 0 Å². The number of aliphatic hydroxyl groups excluding tert-OH is 1. The van der Waals surface area contributed by atoms with Crippen LogP contribution in [-0.4, -0.2) is 28.0 Å². The van der Waals surface area contributed by atoms with E-state index in [1.807, 2.05) is 27.7 Å². The van der Waals surface area contributed by atoms with Crippen LogP contribution in [0.4, 0.5) is 8.78 Å². The predicted octanol–water partition coefficient (Wildman–Crippen LogP) is 3.13. The maximum Gasteiger partial charge on any atom is 0.151 e. The Bertz CT molecular complexity index is 682. The molecule has 0 radical (unpaired) electrons. The molecule has 126 valence electrons. The van der Waals surface area contributed by atoms with Crippen LogP contribution >= 0.6 is 0 Å². The van der Waals surface area contributed by atoms with E-state index in [-0.39, 0.29) is 23.8 Å². The Balaban J connectivity index is 2.22. The van der Waals surface area contributed by atoms with Gasteiger partial charge in [0.05, 0.1) is 6.20 Å². The summed E-state index contributed by atoms with van der Waals surface area (Å²) >= 11 is 0. The summed E-state index contributed by atoms with van der Waals surface area (Å²) in [5, 5.41) is 16.9. The van der Waals surface area contributed by atoms with Crippen LogP contribution in [-0.2, 0) is 0 Å². The van der Waals surface area contributed by atoms with Crippen molar-refractivity contribution >= 4 is 0 Å². The average molecular weight is 323 g/mol. The minimum absolute atomic E-state index is 0.00177. The third-order valence-corrected chi connectivity index (χ3v) is 3.97. The molecule has 6 heteroatoms. The smallest absolute Gasteiger partial charge is 0.151 e. The van der Waals surface area contributed by atoms with Gasteiger partial charge in [-0.1, -0.05) is 13.8 Å². The highest BCUT2D eigenvalue weighted by molar-refractivity contribution is 5.37. The van der Waals surface area contributed by atoms with Crippen molar-refractivity contribution in [3.05, 3.63) is 47.3 Å². The van der Waals surface area contributed by atoms with Crippen molar-refractivity contribution in [2.45, 2.75) is 33.7 Å². The summed E-state index contributed by atoms with van der Waals surface area (Å²) in [6.45, 7) is 8.50. The van der Waals surface area contributed by atoms with Gasteiger partial charge < -0.3 is 10.4 Å². The maximum absolute atomic E-state index is 13.9. The third-order valence-electron chi connectivity index (χ3n) is 3.97. The highest BCUT2D eigenvalue weighted by Gasteiger charge is 2.20. The fourth-order valence-electron chi connectivity index (χ4n) is 2.34. The number of nitrogens with zero attached hydrogens (tertiary/aromatic N) is 2. The van der Waals surface area contributed by atoms with Gasteiger partial charge in [-0.3, -0.25) is 0 Å². The van der Waals surface area contributed by atoms with Gasteiger partial charge in [0.15, 0.2) is 5.82 Å². The molecule has 1 heterocycles. The van der Waals surface area contributed by atoms with Gasteiger partial charge in [-0.25, -0.2) is 13.5 Å². The molecule has 0 bridgehead atoms. The number of rotatable bonds is 6. The number of nitrogens with one attached hydrogen (secondary N) is 1. The molecule has 4 nitrogen and oxygen atoms in total.